The Bertz CT molecular complexity index is 696. The van der Waals surface area contributed by atoms with Gasteiger partial charge in [0, 0.05) is 36.8 Å². The zero-order valence-corrected chi connectivity index (χ0v) is 16.4. The van der Waals surface area contributed by atoms with Crippen molar-refractivity contribution in [2.75, 3.05) is 25.0 Å². The van der Waals surface area contributed by atoms with Crippen molar-refractivity contribution in [1.82, 2.24) is 10.6 Å². The number of hydrogen-bond acceptors (Lipinski definition) is 4. The summed E-state index contributed by atoms with van der Waals surface area (Å²) in [6.45, 7) is 5.51. The molecule has 2 N–H and O–H groups in total. The van der Waals surface area contributed by atoms with Crippen molar-refractivity contribution in [3.63, 3.8) is 0 Å². The van der Waals surface area contributed by atoms with Gasteiger partial charge in [0.05, 0.1) is 6.04 Å². The zero-order valence-electron chi connectivity index (χ0n) is 16.4. The summed E-state index contributed by atoms with van der Waals surface area (Å²) in [4.78, 5) is 14.7. The van der Waals surface area contributed by atoms with Crippen molar-refractivity contribution < 1.29 is 22.7 Å². The Morgan fingerprint density at radius 3 is 2.64 bits per heavy atom. The van der Waals surface area contributed by atoms with Gasteiger partial charge >= 0.3 is 6.36 Å². The molecule has 3 rings (SSSR count). The van der Waals surface area contributed by atoms with Gasteiger partial charge in [0.2, 0.25) is 5.91 Å². The molecule has 1 aliphatic carbocycles. The van der Waals surface area contributed by atoms with E-state index in [9.17, 15) is 18.0 Å². The molecule has 1 amide bonds. The number of ether oxygens (including phenoxy) is 1. The first-order valence-electron chi connectivity index (χ1n) is 9.76. The average Bonchev–Trinajstić information content (AvgIpc) is 3.16. The van der Waals surface area contributed by atoms with Crippen LogP contribution in [0.4, 0.5) is 18.9 Å². The Labute approximate surface area is 163 Å². The lowest BCUT2D eigenvalue weighted by Gasteiger charge is -2.26. The molecule has 8 heteroatoms. The average molecular weight is 399 g/mol. The summed E-state index contributed by atoms with van der Waals surface area (Å²) in [5, 5.41) is 6.26. The van der Waals surface area contributed by atoms with Crippen LogP contribution in [0.3, 0.4) is 0 Å². The number of hydrogen-bond donors (Lipinski definition) is 2. The van der Waals surface area contributed by atoms with E-state index >= 15 is 0 Å². The van der Waals surface area contributed by atoms with E-state index in [4.69, 9.17) is 0 Å². The molecule has 0 unspecified atom stereocenters. The van der Waals surface area contributed by atoms with E-state index in [-0.39, 0.29) is 29.7 Å². The topological polar surface area (TPSA) is 53.6 Å². The number of nitrogens with zero attached hydrogens (tertiary/aromatic N) is 1. The van der Waals surface area contributed by atoms with Crippen LogP contribution in [0.15, 0.2) is 24.3 Å². The van der Waals surface area contributed by atoms with Crippen LogP contribution in [0.5, 0.6) is 5.75 Å². The maximum Gasteiger partial charge on any atom is 0.573 e. The van der Waals surface area contributed by atoms with Gasteiger partial charge < -0.3 is 20.3 Å². The molecule has 5 nitrogen and oxygen atoms in total. The highest BCUT2D eigenvalue weighted by Crippen LogP contribution is 2.40. The molecule has 1 aromatic carbocycles. The Morgan fingerprint density at radius 2 is 2.00 bits per heavy atom. The Morgan fingerprint density at radius 1 is 1.25 bits per heavy atom. The first-order chi connectivity index (χ1) is 13.2. The first kappa shape index (κ1) is 20.8. The number of fused-ring (bicyclic) bond motifs is 1. The highest BCUT2D eigenvalue weighted by molar-refractivity contribution is 5.82. The Hall–Kier alpha value is -1.96. The normalized spacial score (nSPS) is 25.7. The lowest BCUT2D eigenvalue weighted by Crippen LogP contribution is -2.50. The fraction of sp³-hybridized carbons (Fsp3) is 0.650. The van der Waals surface area contributed by atoms with Crippen molar-refractivity contribution in [2.45, 2.75) is 45.1 Å². The molecule has 0 spiro atoms. The predicted octanol–water partition coefficient (Wildman–Crippen LogP) is 3.16. The molecule has 1 saturated carbocycles. The van der Waals surface area contributed by atoms with Crippen LogP contribution in [-0.4, -0.2) is 44.5 Å². The summed E-state index contributed by atoms with van der Waals surface area (Å²) in [7, 11) is 1.79. The maximum absolute atomic E-state index is 12.6. The van der Waals surface area contributed by atoms with E-state index < -0.39 is 6.36 Å². The molecule has 0 bridgehead atoms. The molecule has 4 atom stereocenters. The first-order valence-corrected chi connectivity index (χ1v) is 9.76. The van der Waals surface area contributed by atoms with Crippen LogP contribution in [0.25, 0.3) is 0 Å². The minimum absolute atomic E-state index is 0.0159. The van der Waals surface area contributed by atoms with Gasteiger partial charge in [0.1, 0.15) is 5.75 Å². The molecule has 0 aromatic heterocycles. The molecule has 1 saturated heterocycles. The number of benzene rings is 1. The summed E-state index contributed by atoms with van der Waals surface area (Å²) in [6, 6.07) is 5.98. The molecule has 1 aromatic rings. The van der Waals surface area contributed by atoms with Crippen LogP contribution in [0.1, 0.15) is 26.7 Å². The van der Waals surface area contributed by atoms with E-state index in [1.165, 1.54) is 12.1 Å². The molecule has 28 heavy (non-hydrogen) atoms. The van der Waals surface area contributed by atoms with Crippen molar-refractivity contribution in [3.8, 4) is 5.75 Å². The minimum atomic E-state index is -4.70. The molecule has 2 fully saturated rings. The fourth-order valence-corrected chi connectivity index (χ4v) is 4.57. The Kier molecular flexibility index (Phi) is 6.07. The number of alkyl halides is 3. The number of rotatable bonds is 6. The van der Waals surface area contributed by atoms with Crippen molar-refractivity contribution in [1.29, 1.82) is 0 Å². The molecule has 156 valence electrons. The largest absolute Gasteiger partial charge is 0.573 e. The summed E-state index contributed by atoms with van der Waals surface area (Å²) in [6.07, 6.45) is -2.74. The van der Waals surface area contributed by atoms with Gasteiger partial charge in [-0.25, -0.2) is 0 Å². The third kappa shape index (κ3) is 4.71. The van der Waals surface area contributed by atoms with Gasteiger partial charge in [-0.15, -0.1) is 13.2 Å². The fourth-order valence-electron chi connectivity index (χ4n) is 4.57. The lowest BCUT2D eigenvalue weighted by molar-refractivity contribution is -0.274. The third-order valence-corrected chi connectivity index (χ3v) is 5.86. The number of amides is 1. The maximum atomic E-state index is 12.6. The van der Waals surface area contributed by atoms with Gasteiger partial charge in [-0.05, 0) is 43.9 Å². The molecule has 1 aliphatic heterocycles. The highest BCUT2D eigenvalue weighted by atomic mass is 19.4. The molecule has 0 radical (unpaired) electrons. The standard InChI is InChI=1S/C20H28F3N3O2/c1-12(2)18(24-3)19(27)25-17-8-7-13-10-26(11-16(13)17)14-5-4-6-15(9-14)28-20(21,22)23/h4-6,9,12-13,16-18,24H,7-8,10-11H2,1-3H3,(H,25,27)/t13-,16+,17+,18+/m1/s1. The van der Waals surface area contributed by atoms with E-state index in [1.807, 2.05) is 13.8 Å². The van der Waals surface area contributed by atoms with Crippen LogP contribution in [0.2, 0.25) is 0 Å². The smallest absolute Gasteiger partial charge is 0.406 e. The Balaban J connectivity index is 1.65. The summed E-state index contributed by atoms with van der Waals surface area (Å²) in [5.74, 6) is 0.743. The van der Waals surface area contributed by atoms with Gasteiger partial charge in [0.15, 0.2) is 0 Å². The number of halogens is 3. The van der Waals surface area contributed by atoms with E-state index in [0.717, 1.165) is 31.6 Å². The quantitative estimate of drug-likeness (QED) is 0.772. The highest BCUT2D eigenvalue weighted by Gasteiger charge is 2.44. The second kappa shape index (κ2) is 8.19. The number of nitrogens with one attached hydrogen (secondary N) is 2. The number of carbonyl (C=O) groups is 1. The van der Waals surface area contributed by atoms with E-state index in [0.29, 0.717) is 11.8 Å². The second-order valence-corrected chi connectivity index (χ2v) is 8.08. The van der Waals surface area contributed by atoms with Crippen molar-refractivity contribution >= 4 is 11.6 Å². The summed E-state index contributed by atoms with van der Waals surface area (Å²) < 4.78 is 41.5. The van der Waals surface area contributed by atoms with Gasteiger partial charge in [-0.1, -0.05) is 19.9 Å². The van der Waals surface area contributed by atoms with E-state index in [1.54, 1.807) is 19.2 Å². The van der Waals surface area contributed by atoms with E-state index in [2.05, 4.69) is 20.3 Å². The SMILES string of the molecule is CN[C@H](C(=O)N[C@H]1CC[C@@H]2CN(c3cccc(OC(F)(F)F)c3)C[C@@H]21)C(C)C. The van der Waals surface area contributed by atoms with Gasteiger partial charge in [0.25, 0.3) is 0 Å². The minimum Gasteiger partial charge on any atom is -0.406 e. The summed E-state index contributed by atoms with van der Waals surface area (Å²) in [5.41, 5.74) is 0.719. The van der Waals surface area contributed by atoms with Crippen LogP contribution < -0.4 is 20.3 Å². The molecule has 1 heterocycles. The summed E-state index contributed by atoms with van der Waals surface area (Å²) >= 11 is 0. The second-order valence-electron chi connectivity index (χ2n) is 8.08. The lowest BCUT2D eigenvalue weighted by atomic mass is 9.97. The monoisotopic (exact) mass is 399 g/mol. The number of anilines is 1. The van der Waals surface area contributed by atoms with Gasteiger partial charge in [-0.2, -0.15) is 0 Å². The zero-order chi connectivity index (χ0) is 20.5. The van der Waals surface area contributed by atoms with Gasteiger partial charge in [-0.3, -0.25) is 4.79 Å². The van der Waals surface area contributed by atoms with Crippen molar-refractivity contribution in [2.24, 2.45) is 17.8 Å². The number of likely N-dealkylation sites (N-methyl/N-ethyl adjacent to an activating group) is 1. The predicted molar refractivity (Wildman–Crippen MR) is 101 cm³/mol. The van der Waals surface area contributed by atoms with Crippen LogP contribution in [-0.2, 0) is 4.79 Å². The number of carbonyl (C=O) groups excluding carboxylic acids is 1. The van der Waals surface area contributed by atoms with Crippen molar-refractivity contribution in [3.05, 3.63) is 24.3 Å². The molecular formula is C20H28F3N3O2. The molecule has 2 aliphatic rings. The van der Waals surface area contributed by atoms with Crippen LogP contribution >= 0.6 is 0 Å². The molecular weight excluding hydrogens is 371 g/mol. The van der Waals surface area contributed by atoms with Crippen LogP contribution in [0, 0.1) is 17.8 Å². The third-order valence-electron chi connectivity index (χ3n) is 5.86.